The fourth-order valence-corrected chi connectivity index (χ4v) is 8.96. The molecule has 0 aliphatic heterocycles. The van der Waals surface area contributed by atoms with E-state index in [4.69, 9.17) is 11.5 Å². The van der Waals surface area contributed by atoms with Crippen molar-refractivity contribution in [3.05, 3.63) is 83.9 Å². The average Bonchev–Trinajstić information content (AvgIpc) is 3.15. The molecular formula is C34H24N6O18S4. The zero-order valence-corrected chi connectivity index (χ0v) is 33.4. The number of fused-ring (bicyclic) bond motifs is 2. The Kier molecular flexibility index (Phi) is 11.0. The van der Waals surface area contributed by atoms with Gasteiger partial charge in [0.25, 0.3) is 40.5 Å². The second kappa shape index (κ2) is 15.4. The van der Waals surface area contributed by atoms with Crippen molar-refractivity contribution < 1.29 is 81.9 Å². The van der Waals surface area contributed by atoms with Crippen LogP contribution >= 0.6 is 0 Å². The first-order valence-electron chi connectivity index (χ1n) is 16.3. The number of carboxylic acids is 2. The summed E-state index contributed by atoms with van der Waals surface area (Å²) in [4.78, 5) is 20.2. The lowest BCUT2D eigenvalue weighted by molar-refractivity contribution is 0.0686. The van der Waals surface area contributed by atoms with Crippen molar-refractivity contribution in [2.24, 2.45) is 20.5 Å². The summed E-state index contributed by atoms with van der Waals surface area (Å²) in [7, 11) is -20.7. The highest BCUT2D eigenvalue weighted by atomic mass is 32.2. The summed E-state index contributed by atoms with van der Waals surface area (Å²) in [5.41, 5.74) is 7.39. The Morgan fingerprint density at radius 2 is 0.726 bits per heavy atom. The van der Waals surface area contributed by atoms with Crippen LogP contribution in [0, 0.1) is 0 Å². The Labute approximate surface area is 346 Å². The lowest BCUT2D eigenvalue weighted by atomic mass is 9.99. The first-order chi connectivity index (χ1) is 28.6. The number of aromatic carboxylic acids is 2. The number of phenols is 2. The van der Waals surface area contributed by atoms with Crippen molar-refractivity contribution in [1.29, 1.82) is 0 Å². The van der Waals surface area contributed by atoms with Crippen molar-refractivity contribution in [3.8, 4) is 22.6 Å². The summed E-state index contributed by atoms with van der Waals surface area (Å²) in [6.07, 6.45) is 0. The summed E-state index contributed by atoms with van der Waals surface area (Å²) in [6, 6.07) is 11.6. The van der Waals surface area contributed by atoms with Gasteiger partial charge in [-0.3, -0.25) is 18.2 Å². The van der Waals surface area contributed by atoms with E-state index in [9.17, 15) is 81.9 Å². The molecule has 0 unspecified atom stereocenters. The Morgan fingerprint density at radius 3 is 1.02 bits per heavy atom. The molecule has 0 saturated heterocycles. The Morgan fingerprint density at radius 1 is 0.435 bits per heavy atom. The quantitative estimate of drug-likeness (QED) is 0.0438. The molecule has 0 amide bonds. The van der Waals surface area contributed by atoms with Gasteiger partial charge in [0.05, 0.1) is 33.3 Å². The first-order valence-corrected chi connectivity index (χ1v) is 22.0. The van der Waals surface area contributed by atoms with Gasteiger partial charge in [0, 0.05) is 10.8 Å². The highest BCUT2D eigenvalue weighted by Gasteiger charge is 2.28. The molecule has 6 aromatic carbocycles. The number of carbonyl (C=O) groups is 2. The number of anilines is 2. The summed E-state index contributed by atoms with van der Waals surface area (Å²) in [5.74, 6) is -5.11. The summed E-state index contributed by atoms with van der Waals surface area (Å²) < 4.78 is 134. The Bertz CT molecular complexity index is 3290. The minimum absolute atomic E-state index is 0.0936. The molecule has 0 spiro atoms. The van der Waals surface area contributed by atoms with Crippen LogP contribution in [0.15, 0.2) is 113 Å². The maximum Gasteiger partial charge on any atom is 0.337 e. The van der Waals surface area contributed by atoms with Crippen molar-refractivity contribution in [2.75, 3.05) is 11.5 Å². The molecule has 0 aliphatic carbocycles. The van der Waals surface area contributed by atoms with Crippen LogP contribution in [0.3, 0.4) is 0 Å². The molecular weight excluding hydrogens is 909 g/mol. The van der Waals surface area contributed by atoms with Crippen LogP contribution in [0.25, 0.3) is 32.7 Å². The monoisotopic (exact) mass is 932 g/mol. The highest BCUT2D eigenvalue weighted by molar-refractivity contribution is 7.87. The van der Waals surface area contributed by atoms with Crippen molar-refractivity contribution >= 4 is 108 Å². The van der Waals surface area contributed by atoms with E-state index in [0.717, 1.165) is 48.5 Å². The number of nitrogen functional groups attached to an aromatic ring is 2. The second-order valence-corrected chi connectivity index (χ2v) is 18.2. The minimum Gasteiger partial charge on any atom is -0.505 e. The van der Waals surface area contributed by atoms with Gasteiger partial charge in [0.15, 0.2) is 11.5 Å². The first kappa shape index (κ1) is 44.4. The van der Waals surface area contributed by atoms with E-state index in [2.05, 4.69) is 20.5 Å². The number of carboxylic acid groups (broad SMARTS) is 2. The number of azo groups is 2. The number of benzene rings is 6. The van der Waals surface area contributed by atoms with E-state index < -0.39 is 139 Å². The number of nitrogens with two attached hydrogens (primary N) is 2. The number of hydrogen-bond donors (Lipinski definition) is 10. The van der Waals surface area contributed by atoms with Crippen LogP contribution in [-0.4, -0.2) is 84.2 Å². The van der Waals surface area contributed by atoms with Crippen LogP contribution in [0.2, 0.25) is 0 Å². The number of aromatic hydroxyl groups is 2. The van der Waals surface area contributed by atoms with E-state index in [1.807, 2.05) is 0 Å². The molecule has 0 atom stereocenters. The zero-order valence-electron chi connectivity index (χ0n) is 30.2. The van der Waals surface area contributed by atoms with Gasteiger partial charge in [-0.1, -0.05) is 24.3 Å². The van der Waals surface area contributed by atoms with Gasteiger partial charge in [0.1, 0.15) is 42.3 Å². The average molecular weight is 933 g/mol. The maximum atomic E-state index is 12.3. The van der Waals surface area contributed by atoms with Crippen molar-refractivity contribution in [3.63, 3.8) is 0 Å². The van der Waals surface area contributed by atoms with E-state index in [-0.39, 0.29) is 22.5 Å². The number of phenolic OH excluding ortho intramolecular Hbond substituents is 2. The predicted molar refractivity (Wildman–Crippen MR) is 213 cm³/mol. The normalized spacial score (nSPS) is 12.8. The number of rotatable bonds is 11. The smallest absolute Gasteiger partial charge is 0.337 e. The SMILES string of the molecule is Nc1c(S(=O)(=O)O)cc(S(=O)(=O)O)c2ccc(N=Nc3ccc(-c4ccc(N=Nc5ccc6c(S(=O)(=O)O)cc(S(=O)(=O)O)c(N)c6c5O)c(C(=O)O)c4)cc3C(=O)O)c(O)c12. The zero-order chi connectivity index (χ0) is 46.0. The number of nitrogens with zero attached hydrogens (tertiary/aromatic N) is 4. The van der Waals surface area contributed by atoms with E-state index in [1.165, 1.54) is 12.1 Å². The lowest BCUT2D eigenvalue weighted by Gasteiger charge is -2.13. The molecule has 28 heteroatoms. The molecule has 0 saturated carbocycles. The minimum atomic E-state index is -5.21. The molecule has 0 aromatic heterocycles. The van der Waals surface area contributed by atoms with E-state index in [0.29, 0.717) is 12.1 Å². The topological polar surface area (TPSA) is 434 Å². The fourth-order valence-electron chi connectivity index (χ4n) is 6.09. The molecule has 0 fully saturated rings. The van der Waals surface area contributed by atoms with Gasteiger partial charge in [0.2, 0.25) is 0 Å². The van der Waals surface area contributed by atoms with Gasteiger partial charge in [-0.15, -0.1) is 20.5 Å². The third kappa shape index (κ3) is 8.29. The Balaban J connectivity index is 1.39. The van der Waals surface area contributed by atoms with Gasteiger partial charge in [-0.05, 0) is 59.7 Å². The van der Waals surface area contributed by atoms with Crippen LogP contribution in [-0.2, 0) is 40.5 Å². The predicted octanol–water partition coefficient (Wildman–Crippen LogP) is 5.45. The van der Waals surface area contributed by atoms with Gasteiger partial charge < -0.3 is 31.9 Å². The van der Waals surface area contributed by atoms with Gasteiger partial charge >= 0.3 is 11.9 Å². The van der Waals surface area contributed by atoms with Crippen LogP contribution in [0.1, 0.15) is 20.7 Å². The molecule has 322 valence electrons. The van der Waals surface area contributed by atoms with Gasteiger partial charge in [-0.2, -0.15) is 33.7 Å². The molecule has 0 bridgehead atoms. The van der Waals surface area contributed by atoms with Crippen LogP contribution < -0.4 is 11.5 Å². The van der Waals surface area contributed by atoms with E-state index in [1.54, 1.807) is 0 Å². The second-order valence-electron chi connectivity index (χ2n) is 12.7. The lowest BCUT2D eigenvalue weighted by Crippen LogP contribution is -2.08. The molecule has 6 rings (SSSR count). The van der Waals surface area contributed by atoms with Crippen molar-refractivity contribution in [1.82, 2.24) is 0 Å². The number of hydrogen-bond acceptors (Lipinski definition) is 18. The largest absolute Gasteiger partial charge is 0.505 e. The molecule has 12 N–H and O–H groups in total. The molecule has 0 heterocycles. The van der Waals surface area contributed by atoms with Crippen LogP contribution in [0.4, 0.5) is 34.1 Å². The summed E-state index contributed by atoms with van der Waals surface area (Å²) in [6.45, 7) is 0. The van der Waals surface area contributed by atoms with E-state index >= 15 is 0 Å². The fraction of sp³-hybridized carbons (Fsp3) is 0. The summed E-state index contributed by atoms with van der Waals surface area (Å²) >= 11 is 0. The van der Waals surface area contributed by atoms with Crippen molar-refractivity contribution in [2.45, 2.75) is 19.6 Å². The summed E-state index contributed by atoms with van der Waals surface area (Å²) in [5, 5.41) is 54.8. The molecule has 6 aromatic rings. The third-order valence-electron chi connectivity index (χ3n) is 8.87. The van der Waals surface area contributed by atoms with Gasteiger partial charge in [-0.25, -0.2) is 9.59 Å². The van der Waals surface area contributed by atoms with Crippen LogP contribution in [0.5, 0.6) is 11.5 Å². The maximum absolute atomic E-state index is 12.3. The molecule has 62 heavy (non-hydrogen) atoms. The Hall–Kier alpha value is -7.18. The standard InChI is InChI=1S/C34H24N6O18S4/c35-29-25(61(53,54)55)11-23(59(47,48)49)15-3-7-21(31(41)27(15)29)39-37-19-5-1-13(9-17(19)33(43)44)14-2-6-20(18(10-14)34(45)46)38-40-22-8-4-16-24(60(50,51)52)12-26(62(56,57)58)30(36)28(16)32(22)42/h1-12,41-42H,35-36H2,(H,43,44)(H,45,46)(H,47,48,49)(H,50,51,52)(H,53,54,55)(H,56,57,58). The highest BCUT2D eigenvalue weighted by Crippen LogP contribution is 2.46. The molecule has 24 nitrogen and oxygen atoms in total. The molecule has 0 aliphatic rings. The molecule has 0 radical (unpaired) electrons. The third-order valence-corrected chi connectivity index (χ3v) is 12.4.